The summed E-state index contributed by atoms with van der Waals surface area (Å²) in [7, 11) is -0.783. The Balaban J connectivity index is 2.45. The van der Waals surface area contributed by atoms with E-state index in [4.69, 9.17) is 0 Å². The van der Waals surface area contributed by atoms with Gasteiger partial charge in [0.15, 0.2) is 0 Å². The van der Waals surface area contributed by atoms with E-state index in [-0.39, 0.29) is 5.69 Å². The molecule has 1 rings (SSSR count). The molecule has 5 nitrogen and oxygen atoms in total. The van der Waals surface area contributed by atoms with Gasteiger partial charge in [0.2, 0.25) is 0 Å². The number of nitrogens with zero attached hydrogens (tertiary/aromatic N) is 1. The van der Waals surface area contributed by atoms with Gasteiger partial charge >= 0.3 is 0 Å². The molecule has 1 aromatic carbocycles. The molecule has 0 spiro atoms. The highest BCUT2D eigenvalue weighted by Crippen LogP contribution is 2.16. The summed E-state index contributed by atoms with van der Waals surface area (Å²) in [5, 5.41) is 13.6. The molecule has 0 aliphatic heterocycles. The SMILES string of the molecule is CS(=O)CCCNc1cccc([N+](=O)[O-])c1. The average Bonchev–Trinajstić information content (AvgIpc) is 2.24. The highest BCUT2D eigenvalue weighted by Gasteiger charge is 2.04. The predicted molar refractivity (Wildman–Crippen MR) is 65.1 cm³/mol. The predicted octanol–water partition coefficient (Wildman–Crippen LogP) is 1.78. The van der Waals surface area contributed by atoms with Crippen LogP contribution in [0.3, 0.4) is 0 Å². The van der Waals surface area contributed by atoms with Crippen molar-refractivity contribution in [2.45, 2.75) is 6.42 Å². The zero-order valence-electron chi connectivity index (χ0n) is 9.01. The third kappa shape index (κ3) is 4.39. The molecule has 16 heavy (non-hydrogen) atoms. The van der Waals surface area contributed by atoms with Gasteiger partial charge in [0, 0.05) is 47.2 Å². The van der Waals surface area contributed by atoms with Gasteiger partial charge in [-0.1, -0.05) is 6.07 Å². The van der Waals surface area contributed by atoms with Gasteiger partial charge in [0.05, 0.1) is 4.92 Å². The van der Waals surface area contributed by atoms with Crippen molar-refractivity contribution in [2.75, 3.05) is 23.9 Å². The number of benzene rings is 1. The van der Waals surface area contributed by atoms with Crippen LogP contribution in [0.15, 0.2) is 24.3 Å². The van der Waals surface area contributed by atoms with Crippen molar-refractivity contribution in [1.29, 1.82) is 0 Å². The minimum Gasteiger partial charge on any atom is -0.385 e. The van der Waals surface area contributed by atoms with Crippen molar-refractivity contribution in [3.05, 3.63) is 34.4 Å². The van der Waals surface area contributed by atoms with E-state index in [9.17, 15) is 14.3 Å². The molecule has 0 aromatic heterocycles. The highest BCUT2D eigenvalue weighted by molar-refractivity contribution is 7.84. The molecule has 1 aromatic rings. The van der Waals surface area contributed by atoms with Crippen molar-refractivity contribution in [1.82, 2.24) is 0 Å². The van der Waals surface area contributed by atoms with E-state index in [0.29, 0.717) is 12.3 Å². The van der Waals surface area contributed by atoms with Gasteiger partial charge in [-0.2, -0.15) is 0 Å². The number of non-ortho nitro benzene ring substituents is 1. The average molecular weight is 242 g/mol. The van der Waals surface area contributed by atoms with Crippen LogP contribution in [-0.4, -0.2) is 27.7 Å². The maximum Gasteiger partial charge on any atom is 0.271 e. The molecule has 6 heteroatoms. The fraction of sp³-hybridized carbons (Fsp3) is 0.400. The maximum atomic E-state index is 10.8. The van der Waals surface area contributed by atoms with Crippen molar-refractivity contribution >= 4 is 22.2 Å². The van der Waals surface area contributed by atoms with Crippen molar-refractivity contribution in [2.24, 2.45) is 0 Å². The zero-order valence-corrected chi connectivity index (χ0v) is 9.83. The molecule has 1 unspecified atom stereocenters. The van der Waals surface area contributed by atoms with Crippen LogP contribution in [0.2, 0.25) is 0 Å². The fourth-order valence-electron chi connectivity index (χ4n) is 1.24. The van der Waals surface area contributed by atoms with Gasteiger partial charge in [-0.25, -0.2) is 0 Å². The summed E-state index contributed by atoms with van der Waals surface area (Å²) in [5.74, 6) is 0.641. The van der Waals surface area contributed by atoms with Crippen LogP contribution < -0.4 is 5.32 Å². The summed E-state index contributed by atoms with van der Waals surface area (Å²) < 4.78 is 10.8. The summed E-state index contributed by atoms with van der Waals surface area (Å²) >= 11 is 0. The van der Waals surface area contributed by atoms with Gasteiger partial charge in [-0.3, -0.25) is 14.3 Å². The number of nitro benzene ring substituents is 1. The molecule has 0 amide bonds. The van der Waals surface area contributed by atoms with Gasteiger partial charge in [0.25, 0.3) is 5.69 Å². The molecule has 88 valence electrons. The second-order valence-electron chi connectivity index (χ2n) is 3.37. The van der Waals surface area contributed by atoms with Gasteiger partial charge in [-0.15, -0.1) is 0 Å². The van der Waals surface area contributed by atoms with Gasteiger partial charge in [0.1, 0.15) is 0 Å². The van der Waals surface area contributed by atoms with E-state index in [0.717, 1.165) is 12.1 Å². The Morgan fingerprint density at radius 2 is 2.25 bits per heavy atom. The van der Waals surface area contributed by atoms with Crippen molar-refractivity contribution in [3.63, 3.8) is 0 Å². The second-order valence-corrected chi connectivity index (χ2v) is 4.92. The molecule has 0 aliphatic carbocycles. The Labute approximate surface area is 96.5 Å². The normalized spacial score (nSPS) is 12.1. The Bertz CT molecular complexity index is 395. The number of nitro groups is 1. The van der Waals surface area contributed by atoms with Crippen molar-refractivity contribution < 1.29 is 9.13 Å². The lowest BCUT2D eigenvalue weighted by atomic mass is 10.3. The number of hydrogen-bond acceptors (Lipinski definition) is 4. The van der Waals surface area contributed by atoms with Crippen molar-refractivity contribution in [3.8, 4) is 0 Å². The van der Waals surface area contributed by atoms with Crippen LogP contribution in [0.4, 0.5) is 11.4 Å². The third-order valence-electron chi connectivity index (χ3n) is 1.99. The Morgan fingerprint density at radius 1 is 1.50 bits per heavy atom. The molecule has 0 heterocycles. The zero-order chi connectivity index (χ0) is 12.0. The first kappa shape index (κ1) is 12.6. The molecular weight excluding hydrogens is 228 g/mol. The number of rotatable bonds is 6. The van der Waals surface area contributed by atoms with Crippen LogP contribution in [0.25, 0.3) is 0 Å². The minimum atomic E-state index is -0.783. The Kier molecular flexibility index (Phi) is 4.91. The number of anilines is 1. The third-order valence-corrected chi connectivity index (χ3v) is 2.86. The summed E-state index contributed by atoms with van der Waals surface area (Å²) in [5.41, 5.74) is 0.792. The lowest BCUT2D eigenvalue weighted by Gasteiger charge is -2.04. The van der Waals surface area contributed by atoms with E-state index < -0.39 is 15.7 Å². The fourth-order valence-corrected chi connectivity index (χ4v) is 1.79. The van der Waals surface area contributed by atoms with E-state index in [2.05, 4.69) is 5.32 Å². The molecular formula is C10H14N2O3S. The highest BCUT2D eigenvalue weighted by atomic mass is 32.2. The van der Waals surface area contributed by atoms with Crippen LogP contribution in [0.5, 0.6) is 0 Å². The lowest BCUT2D eigenvalue weighted by Crippen LogP contribution is -2.06. The molecule has 1 N–H and O–H groups in total. The van der Waals surface area contributed by atoms with Crippen LogP contribution >= 0.6 is 0 Å². The molecule has 0 aliphatic rings. The summed E-state index contributed by atoms with van der Waals surface area (Å²) in [6.45, 7) is 0.667. The Morgan fingerprint density at radius 3 is 2.88 bits per heavy atom. The summed E-state index contributed by atoms with van der Waals surface area (Å²) in [6, 6.07) is 6.35. The van der Waals surface area contributed by atoms with Crippen LogP contribution in [0.1, 0.15) is 6.42 Å². The van der Waals surface area contributed by atoms with Gasteiger partial charge < -0.3 is 5.32 Å². The molecule has 1 atom stereocenters. The van der Waals surface area contributed by atoms with E-state index >= 15 is 0 Å². The number of nitrogens with one attached hydrogen (secondary N) is 1. The quantitative estimate of drug-likeness (QED) is 0.469. The first-order valence-corrected chi connectivity index (χ1v) is 6.60. The first-order valence-electron chi connectivity index (χ1n) is 4.88. The molecule has 0 bridgehead atoms. The van der Waals surface area contributed by atoms with E-state index in [1.54, 1.807) is 18.4 Å². The largest absolute Gasteiger partial charge is 0.385 e. The van der Waals surface area contributed by atoms with Crippen LogP contribution in [0, 0.1) is 10.1 Å². The first-order chi connectivity index (χ1) is 7.59. The summed E-state index contributed by atoms with van der Waals surface area (Å²) in [4.78, 5) is 10.1. The van der Waals surface area contributed by atoms with E-state index in [1.165, 1.54) is 12.1 Å². The lowest BCUT2D eigenvalue weighted by molar-refractivity contribution is -0.384. The molecule has 0 radical (unpaired) electrons. The monoisotopic (exact) mass is 242 g/mol. The van der Waals surface area contributed by atoms with Gasteiger partial charge in [-0.05, 0) is 12.5 Å². The smallest absolute Gasteiger partial charge is 0.271 e. The van der Waals surface area contributed by atoms with Crippen LogP contribution in [-0.2, 0) is 10.8 Å². The minimum absolute atomic E-state index is 0.0732. The number of hydrogen-bond donors (Lipinski definition) is 1. The van der Waals surface area contributed by atoms with E-state index in [1.807, 2.05) is 0 Å². The maximum absolute atomic E-state index is 10.8. The standard InChI is InChI=1S/C10H14N2O3S/c1-16(15)7-3-6-11-9-4-2-5-10(8-9)12(13)14/h2,4-5,8,11H,3,6-7H2,1H3. The molecule has 0 saturated heterocycles. The molecule has 0 fully saturated rings. The second kappa shape index (κ2) is 6.22. The summed E-state index contributed by atoms with van der Waals surface area (Å²) in [6.07, 6.45) is 2.44. The Hall–Kier alpha value is -1.43. The topological polar surface area (TPSA) is 72.2 Å². The molecule has 0 saturated carbocycles.